The Morgan fingerprint density at radius 2 is 1.95 bits per heavy atom. The average molecular weight is 264 g/mol. The van der Waals surface area contributed by atoms with Crippen molar-refractivity contribution >= 4 is 5.91 Å². The average Bonchev–Trinajstić information content (AvgIpc) is 2.42. The number of rotatable bonds is 7. The largest absolute Gasteiger partial charge is 0.394 e. The van der Waals surface area contributed by atoms with Crippen LogP contribution in [0.3, 0.4) is 0 Å². The minimum Gasteiger partial charge on any atom is -0.394 e. The first-order valence-electron chi connectivity index (χ1n) is 6.74. The maximum atomic E-state index is 12.2. The Kier molecular flexibility index (Phi) is 6.53. The van der Waals surface area contributed by atoms with Crippen LogP contribution in [0.4, 0.5) is 0 Å². The third-order valence-corrected chi connectivity index (χ3v) is 3.11. The van der Waals surface area contributed by atoms with E-state index in [-0.39, 0.29) is 24.5 Å². The molecule has 0 fully saturated rings. The van der Waals surface area contributed by atoms with Gasteiger partial charge >= 0.3 is 0 Å². The van der Waals surface area contributed by atoms with Gasteiger partial charge in [0.2, 0.25) is 5.91 Å². The molecule has 0 saturated heterocycles. The van der Waals surface area contributed by atoms with E-state index in [1.165, 1.54) is 0 Å². The maximum Gasteiger partial charge on any atom is 0.224 e. The smallest absolute Gasteiger partial charge is 0.224 e. The topological polar surface area (TPSA) is 75.4 Å². The molecule has 1 amide bonds. The maximum absolute atomic E-state index is 12.2. The Balaban J connectivity index is 2.67. The second-order valence-corrected chi connectivity index (χ2v) is 5.22. The summed E-state index contributed by atoms with van der Waals surface area (Å²) in [7, 11) is 0. The standard InChI is InChI=1S/C15H24N2O2/c1-11(2)8-13(9-16)15(19)17-14(10-18)12-6-4-3-5-7-12/h3-7,11,13-14,18H,8-10,16H2,1-2H3,(H,17,19)/t13?,14-/m1/s1. The van der Waals surface area contributed by atoms with E-state index in [0.29, 0.717) is 12.5 Å². The van der Waals surface area contributed by atoms with E-state index in [2.05, 4.69) is 19.2 Å². The fourth-order valence-electron chi connectivity index (χ4n) is 2.09. The molecule has 4 nitrogen and oxygen atoms in total. The molecule has 0 radical (unpaired) electrons. The molecule has 4 N–H and O–H groups in total. The molecule has 0 saturated carbocycles. The Morgan fingerprint density at radius 3 is 2.42 bits per heavy atom. The molecule has 0 aliphatic carbocycles. The number of carbonyl (C=O) groups is 1. The van der Waals surface area contributed by atoms with Crippen molar-refractivity contribution in [2.75, 3.05) is 13.2 Å². The summed E-state index contributed by atoms with van der Waals surface area (Å²) >= 11 is 0. The summed E-state index contributed by atoms with van der Waals surface area (Å²) in [4.78, 5) is 12.2. The number of nitrogens with two attached hydrogens (primary N) is 1. The van der Waals surface area contributed by atoms with Gasteiger partial charge in [-0.05, 0) is 17.9 Å². The molecular weight excluding hydrogens is 240 g/mol. The highest BCUT2D eigenvalue weighted by atomic mass is 16.3. The predicted molar refractivity (Wildman–Crippen MR) is 76.4 cm³/mol. The van der Waals surface area contributed by atoms with Gasteiger partial charge < -0.3 is 16.2 Å². The van der Waals surface area contributed by atoms with Crippen molar-refractivity contribution in [3.8, 4) is 0 Å². The van der Waals surface area contributed by atoms with Gasteiger partial charge in [-0.1, -0.05) is 44.2 Å². The van der Waals surface area contributed by atoms with E-state index >= 15 is 0 Å². The van der Waals surface area contributed by atoms with E-state index < -0.39 is 0 Å². The van der Waals surface area contributed by atoms with Crippen LogP contribution in [0.5, 0.6) is 0 Å². The van der Waals surface area contributed by atoms with Crippen LogP contribution in [0.2, 0.25) is 0 Å². The molecule has 19 heavy (non-hydrogen) atoms. The van der Waals surface area contributed by atoms with Gasteiger partial charge in [0.25, 0.3) is 0 Å². The molecule has 1 rings (SSSR count). The van der Waals surface area contributed by atoms with Crippen LogP contribution in [0.25, 0.3) is 0 Å². The highest BCUT2D eigenvalue weighted by molar-refractivity contribution is 5.79. The van der Waals surface area contributed by atoms with Crippen molar-refractivity contribution in [2.45, 2.75) is 26.3 Å². The van der Waals surface area contributed by atoms with Gasteiger partial charge in [-0.25, -0.2) is 0 Å². The van der Waals surface area contributed by atoms with E-state index in [1.54, 1.807) is 0 Å². The van der Waals surface area contributed by atoms with Gasteiger partial charge in [-0.2, -0.15) is 0 Å². The van der Waals surface area contributed by atoms with Crippen molar-refractivity contribution in [1.29, 1.82) is 0 Å². The predicted octanol–water partition coefficient (Wildman–Crippen LogP) is 1.46. The van der Waals surface area contributed by atoms with Crippen LogP contribution in [0.15, 0.2) is 30.3 Å². The SMILES string of the molecule is CC(C)CC(CN)C(=O)N[C@H](CO)c1ccccc1. The number of benzene rings is 1. The summed E-state index contributed by atoms with van der Waals surface area (Å²) in [5.74, 6) is 0.139. The quantitative estimate of drug-likeness (QED) is 0.698. The normalized spacial score (nSPS) is 14.2. The summed E-state index contributed by atoms with van der Waals surface area (Å²) < 4.78 is 0. The van der Waals surface area contributed by atoms with Gasteiger partial charge in [-0.15, -0.1) is 0 Å². The van der Waals surface area contributed by atoms with Crippen molar-refractivity contribution in [1.82, 2.24) is 5.32 Å². The van der Waals surface area contributed by atoms with Gasteiger partial charge in [0.1, 0.15) is 0 Å². The summed E-state index contributed by atoms with van der Waals surface area (Å²) in [5.41, 5.74) is 6.56. The number of aliphatic hydroxyl groups excluding tert-OH is 1. The molecule has 0 spiro atoms. The van der Waals surface area contributed by atoms with E-state index in [0.717, 1.165) is 12.0 Å². The second kappa shape index (κ2) is 7.92. The number of aliphatic hydroxyl groups is 1. The Hall–Kier alpha value is -1.39. The number of nitrogens with one attached hydrogen (secondary N) is 1. The Morgan fingerprint density at radius 1 is 1.32 bits per heavy atom. The minimum absolute atomic E-state index is 0.0842. The lowest BCUT2D eigenvalue weighted by molar-refractivity contribution is -0.126. The molecule has 1 unspecified atom stereocenters. The Bertz CT molecular complexity index is 379. The summed E-state index contributed by atoms with van der Waals surface area (Å²) in [6.07, 6.45) is 0.759. The van der Waals surface area contributed by atoms with Crippen molar-refractivity contribution < 1.29 is 9.90 Å². The highest BCUT2D eigenvalue weighted by Gasteiger charge is 2.21. The molecule has 0 aliphatic heterocycles. The van der Waals surface area contributed by atoms with Gasteiger partial charge in [-0.3, -0.25) is 4.79 Å². The van der Waals surface area contributed by atoms with Crippen molar-refractivity contribution in [3.63, 3.8) is 0 Å². The number of hydrogen-bond acceptors (Lipinski definition) is 3. The summed E-state index contributed by atoms with van der Waals surface area (Å²) in [6.45, 7) is 4.35. The fraction of sp³-hybridized carbons (Fsp3) is 0.533. The highest BCUT2D eigenvalue weighted by Crippen LogP contribution is 2.15. The van der Waals surface area contributed by atoms with Gasteiger partial charge in [0.15, 0.2) is 0 Å². The van der Waals surface area contributed by atoms with Gasteiger partial charge in [0, 0.05) is 6.54 Å². The zero-order chi connectivity index (χ0) is 14.3. The van der Waals surface area contributed by atoms with E-state index in [1.807, 2.05) is 30.3 Å². The van der Waals surface area contributed by atoms with E-state index in [4.69, 9.17) is 5.73 Å². The van der Waals surface area contributed by atoms with Crippen LogP contribution >= 0.6 is 0 Å². The monoisotopic (exact) mass is 264 g/mol. The second-order valence-electron chi connectivity index (χ2n) is 5.22. The molecule has 0 bridgehead atoms. The Labute approximate surface area is 115 Å². The first-order chi connectivity index (χ1) is 9.08. The van der Waals surface area contributed by atoms with Crippen LogP contribution in [0.1, 0.15) is 31.9 Å². The minimum atomic E-state index is -0.366. The van der Waals surface area contributed by atoms with Crippen molar-refractivity contribution in [3.05, 3.63) is 35.9 Å². The zero-order valence-electron chi connectivity index (χ0n) is 11.7. The van der Waals surface area contributed by atoms with E-state index in [9.17, 15) is 9.90 Å². The van der Waals surface area contributed by atoms with Gasteiger partial charge in [0.05, 0.1) is 18.6 Å². The number of amides is 1. The summed E-state index contributed by atoms with van der Waals surface area (Å²) in [5, 5.41) is 12.3. The first kappa shape index (κ1) is 15.7. The third-order valence-electron chi connectivity index (χ3n) is 3.11. The first-order valence-corrected chi connectivity index (χ1v) is 6.74. The summed E-state index contributed by atoms with van der Waals surface area (Å²) in [6, 6.07) is 9.09. The lowest BCUT2D eigenvalue weighted by atomic mass is 9.95. The van der Waals surface area contributed by atoms with Crippen LogP contribution in [-0.4, -0.2) is 24.2 Å². The molecule has 4 heteroatoms. The van der Waals surface area contributed by atoms with Crippen molar-refractivity contribution in [2.24, 2.45) is 17.6 Å². The molecular formula is C15H24N2O2. The number of hydrogen-bond donors (Lipinski definition) is 3. The lowest BCUT2D eigenvalue weighted by Gasteiger charge is -2.22. The molecule has 1 aromatic carbocycles. The van der Waals surface area contributed by atoms with Crippen LogP contribution in [-0.2, 0) is 4.79 Å². The molecule has 2 atom stereocenters. The molecule has 0 aromatic heterocycles. The molecule has 1 aromatic rings. The fourth-order valence-corrected chi connectivity index (χ4v) is 2.09. The number of carbonyl (C=O) groups excluding carboxylic acids is 1. The zero-order valence-corrected chi connectivity index (χ0v) is 11.7. The lowest BCUT2D eigenvalue weighted by Crippen LogP contribution is -2.39. The van der Waals surface area contributed by atoms with Crippen LogP contribution in [0, 0.1) is 11.8 Å². The van der Waals surface area contributed by atoms with Crippen LogP contribution < -0.4 is 11.1 Å². The molecule has 106 valence electrons. The molecule has 0 heterocycles. The molecule has 0 aliphatic rings. The third kappa shape index (κ3) is 5.01.